The zero-order valence-corrected chi connectivity index (χ0v) is 16.5. The van der Waals surface area contributed by atoms with Crippen LogP contribution in [-0.2, 0) is 14.3 Å². The Hall–Kier alpha value is -3.68. The van der Waals surface area contributed by atoms with Crippen LogP contribution in [0, 0.1) is 0 Å². The second kappa shape index (κ2) is 8.36. The molecule has 1 aromatic carbocycles. The predicted octanol–water partition coefficient (Wildman–Crippen LogP) is 1.40. The summed E-state index contributed by atoms with van der Waals surface area (Å²) < 4.78 is 5.13. The van der Waals surface area contributed by atoms with Gasteiger partial charge in [-0.05, 0) is 18.2 Å². The zero-order chi connectivity index (χ0) is 21.1. The fraction of sp³-hybridized carbons (Fsp3) is 0.273. The van der Waals surface area contributed by atoms with Crippen molar-refractivity contribution in [3.8, 4) is 0 Å². The van der Waals surface area contributed by atoms with Gasteiger partial charge in [0.05, 0.1) is 0 Å². The van der Waals surface area contributed by atoms with Crippen molar-refractivity contribution in [3.63, 3.8) is 0 Å². The minimum Gasteiger partial charge on any atom is -0.454 e. The van der Waals surface area contributed by atoms with Gasteiger partial charge >= 0.3 is 5.97 Å². The van der Waals surface area contributed by atoms with Crippen molar-refractivity contribution in [1.82, 2.24) is 14.8 Å². The quantitative estimate of drug-likeness (QED) is 0.698. The Kier molecular flexibility index (Phi) is 5.47. The van der Waals surface area contributed by atoms with Crippen LogP contribution in [0.4, 0.5) is 5.82 Å². The normalized spacial score (nSPS) is 15.9. The number of benzene rings is 1. The Balaban J connectivity index is 1.24. The van der Waals surface area contributed by atoms with E-state index in [0.29, 0.717) is 43.0 Å². The van der Waals surface area contributed by atoms with Gasteiger partial charge in [0.15, 0.2) is 6.61 Å². The number of ether oxygens (including phenoxy) is 1. The summed E-state index contributed by atoms with van der Waals surface area (Å²) >= 11 is 0. The molecule has 1 fully saturated rings. The number of piperazine rings is 1. The summed E-state index contributed by atoms with van der Waals surface area (Å²) in [6, 6.07) is 12.8. The van der Waals surface area contributed by atoms with Gasteiger partial charge in [-0.3, -0.25) is 19.3 Å². The summed E-state index contributed by atoms with van der Waals surface area (Å²) in [5, 5.41) is 0. The van der Waals surface area contributed by atoms with E-state index in [1.165, 1.54) is 4.90 Å². The van der Waals surface area contributed by atoms with Crippen LogP contribution in [-0.4, -0.2) is 71.9 Å². The van der Waals surface area contributed by atoms with Crippen LogP contribution in [0.2, 0.25) is 0 Å². The first kappa shape index (κ1) is 19.6. The first-order valence-corrected chi connectivity index (χ1v) is 9.74. The lowest BCUT2D eigenvalue weighted by atomic mass is 10.1. The minimum absolute atomic E-state index is 0.251. The van der Waals surface area contributed by atoms with E-state index in [9.17, 15) is 14.4 Å². The minimum atomic E-state index is -0.641. The zero-order valence-electron chi connectivity index (χ0n) is 16.5. The molecule has 0 bridgehead atoms. The summed E-state index contributed by atoms with van der Waals surface area (Å²) in [5.74, 6) is -0.297. The Morgan fingerprint density at radius 1 is 1.00 bits per heavy atom. The van der Waals surface area contributed by atoms with E-state index in [2.05, 4.69) is 16.5 Å². The van der Waals surface area contributed by atoms with E-state index in [4.69, 9.17) is 4.74 Å². The Bertz CT molecular complexity index is 949. The summed E-state index contributed by atoms with van der Waals surface area (Å²) in [6.07, 6.45) is 1.74. The van der Waals surface area contributed by atoms with Crippen molar-refractivity contribution in [1.29, 1.82) is 0 Å². The first-order chi connectivity index (χ1) is 14.5. The molecule has 4 rings (SSSR count). The first-order valence-electron chi connectivity index (χ1n) is 9.74. The largest absolute Gasteiger partial charge is 0.454 e. The highest BCUT2D eigenvalue weighted by atomic mass is 16.5. The molecular formula is C22H22N4O4. The molecule has 0 saturated carbocycles. The van der Waals surface area contributed by atoms with Gasteiger partial charge in [-0.15, -0.1) is 0 Å². The lowest BCUT2D eigenvalue weighted by molar-refractivity contribution is -0.152. The van der Waals surface area contributed by atoms with Crippen molar-refractivity contribution in [2.24, 2.45) is 0 Å². The van der Waals surface area contributed by atoms with Crippen LogP contribution in [0.5, 0.6) is 0 Å². The Morgan fingerprint density at radius 3 is 2.37 bits per heavy atom. The van der Waals surface area contributed by atoms with Gasteiger partial charge in [0.25, 0.3) is 11.8 Å². The summed E-state index contributed by atoms with van der Waals surface area (Å²) in [6.45, 7) is 5.67. The molecule has 1 saturated heterocycles. The molecule has 2 aromatic rings. The predicted molar refractivity (Wildman–Crippen MR) is 111 cm³/mol. The number of amides is 2. The molecule has 0 aliphatic carbocycles. The van der Waals surface area contributed by atoms with Crippen molar-refractivity contribution < 1.29 is 19.1 Å². The van der Waals surface area contributed by atoms with Crippen LogP contribution < -0.4 is 4.90 Å². The average molecular weight is 406 g/mol. The standard InChI is InChI=1S/C22H22N4O4/c1-16-17-6-2-3-7-18(17)22(29)26(16)14-21(28)30-15-20(27)25-12-10-24(11-13-25)19-8-4-5-9-23-19/h2-9H,1,10-15H2. The maximum atomic E-state index is 12.4. The number of fused-ring (bicyclic) bond motifs is 1. The molecule has 0 unspecified atom stereocenters. The maximum Gasteiger partial charge on any atom is 0.326 e. The lowest BCUT2D eigenvalue weighted by Crippen LogP contribution is -2.50. The number of rotatable bonds is 5. The second-order valence-electron chi connectivity index (χ2n) is 7.10. The van der Waals surface area contributed by atoms with Crippen molar-refractivity contribution in [2.75, 3.05) is 44.2 Å². The monoisotopic (exact) mass is 406 g/mol. The van der Waals surface area contributed by atoms with Crippen molar-refractivity contribution >= 4 is 29.3 Å². The number of anilines is 1. The summed E-state index contributed by atoms with van der Waals surface area (Å²) in [7, 11) is 0. The molecule has 0 N–H and O–H groups in total. The van der Waals surface area contributed by atoms with Crippen LogP contribution in [0.25, 0.3) is 5.70 Å². The number of pyridine rings is 1. The number of hydrogen-bond donors (Lipinski definition) is 0. The Morgan fingerprint density at radius 2 is 1.70 bits per heavy atom. The highest BCUT2D eigenvalue weighted by Crippen LogP contribution is 2.30. The van der Waals surface area contributed by atoms with Gasteiger partial charge in [-0.2, -0.15) is 0 Å². The van der Waals surface area contributed by atoms with E-state index in [0.717, 1.165) is 5.82 Å². The van der Waals surface area contributed by atoms with Gasteiger partial charge in [-0.25, -0.2) is 4.98 Å². The molecule has 8 nitrogen and oxygen atoms in total. The molecule has 0 radical (unpaired) electrons. The highest BCUT2D eigenvalue weighted by molar-refractivity contribution is 6.10. The Labute approximate surface area is 174 Å². The van der Waals surface area contributed by atoms with Gasteiger partial charge in [0.1, 0.15) is 12.4 Å². The molecule has 2 aliphatic heterocycles. The molecule has 2 aliphatic rings. The summed E-state index contributed by atoms with van der Waals surface area (Å²) in [5.41, 5.74) is 1.68. The maximum absolute atomic E-state index is 12.4. The van der Waals surface area contributed by atoms with Gasteiger partial charge in [0.2, 0.25) is 0 Å². The topological polar surface area (TPSA) is 83.0 Å². The number of carbonyl (C=O) groups is 3. The fourth-order valence-electron chi connectivity index (χ4n) is 3.64. The molecule has 8 heteroatoms. The van der Waals surface area contributed by atoms with E-state index >= 15 is 0 Å². The van der Waals surface area contributed by atoms with Crippen molar-refractivity contribution in [2.45, 2.75) is 0 Å². The van der Waals surface area contributed by atoms with Gasteiger partial charge in [-0.1, -0.05) is 30.8 Å². The van der Waals surface area contributed by atoms with Crippen LogP contribution in [0.1, 0.15) is 15.9 Å². The summed E-state index contributed by atoms with van der Waals surface area (Å²) in [4.78, 5) is 46.5. The molecule has 0 spiro atoms. The fourth-order valence-corrected chi connectivity index (χ4v) is 3.64. The molecule has 30 heavy (non-hydrogen) atoms. The smallest absolute Gasteiger partial charge is 0.326 e. The molecular weight excluding hydrogens is 384 g/mol. The highest BCUT2D eigenvalue weighted by Gasteiger charge is 2.32. The molecule has 154 valence electrons. The van der Waals surface area contributed by atoms with E-state index in [1.807, 2.05) is 24.3 Å². The van der Waals surface area contributed by atoms with E-state index in [1.54, 1.807) is 29.3 Å². The number of hydrogen-bond acceptors (Lipinski definition) is 6. The third-order valence-electron chi connectivity index (χ3n) is 5.29. The molecule has 3 heterocycles. The lowest BCUT2D eigenvalue weighted by Gasteiger charge is -2.35. The second-order valence-corrected chi connectivity index (χ2v) is 7.10. The van der Waals surface area contributed by atoms with Gasteiger partial charge < -0.3 is 14.5 Å². The van der Waals surface area contributed by atoms with Crippen LogP contribution in [0.15, 0.2) is 55.2 Å². The van der Waals surface area contributed by atoms with Gasteiger partial charge in [0, 0.05) is 49.2 Å². The molecule has 2 amide bonds. The molecule has 0 atom stereocenters. The van der Waals surface area contributed by atoms with Crippen LogP contribution >= 0.6 is 0 Å². The SMILES string of the molecule is C=C1c2ccccc2C(=O)N1CC(=O)OCC(=O)N1CCN(c2ccccn2)CC1. The molecule has 1 aromatic heterocycles. The van der Waals surface area contributed by atoms with E-state index < -0.39 is 5.97 Å². The number of aromatic nitrogens is 1. The van der Waals surface area contributed by atoms with Crippen molar-refractivity contribution in [3.05, 3.63) is 66.4 Å². The third kappa shape index (κ3) is 3.89. The van der Waals surface area contributed by atoms with E-state index in [-0.39, 0.29) is 25.0 Å². The third-order valence-corrected chi connectivity index (χ3v) is 5.29. The number of carbonyl (C=O) groups excluding carboxylic acids is 3. The number of esters is 1. The number of nitrogens with zero attached hydrogens (tertiary/aromatic N) is 4. The van der Waals surface area contributed by atoms with Crippen LogP contribution in [0.3, 0.4) is 0 Å². The average Bonchev–Trinajstić information content (AvgIpc) is 3.03.